The topological polar surface area (TPSA) is 57.3 Å². The second-order valence-corrected chi connectivity index (χ2v) is 10.2. The number of amides is 1. The van der Waals surface area contributed by atoms with Crippen LogP contribution < -0.4 is 19.7 Å². The van der Waals surface area contributed by atoms with Gasteiger partial charge in [0.15, 0.2) is 11.5 Å². The smallest absolute Gasteiger partial charge is 0.251 e. The van der Waals surface area contributed by atoms with Crippen LogP contribution in [0.4, 0.5) is 10.1 Å². The maximum Gasteiger partial charge on any atom is 0.251 e. The summed E-state index contributed by atoms with van der Waals surface area (Å²) >= 11 is 0. The Hall–Kier alpha value is -2.84. The molecule has 2 aromatic rings. The average Bonchev–Trinajstić information content (AvgIpc) is 3.37. The van der Waals surface area contributed by atoms with E-state index in [-0.39, 0.29) is 18.5 Å². The Kier molecular flexibility index (Phi) is 6.24. The number of rotatable bonds is 6. The van der Waals surface area contributed by atoms with Crippen molar-refractivity contribution in [2.75, 3.05) is 64.1 Å². The van der Waals surface area contributed by atoms with E-state index in [1.807, 2.05) is 12.1 Å². The first-order valence-electron chi connectivity index (χ1n) is 12.8. The van der Waals surface area contributed by atoms with Crippen molar-refractivity contribution in [3.05, 3.63) is 53.8 Å². The van der Waals surface area contributed by atoms with Crippen LogP contribution >= 0.6 is 0 Å². The van der Waals surface area contributed by atoms with Crippen molar-refractivity contribution in [3.63, 3.8) is 0 Å². The Labute approximate surface area is 205 Å². The van der Waals surface area contributed by atoms with E-state index in [1.54, 1.807) is 30.3 Å². The van der Waals surface area contributed by atoms with E-state index in [2.05, 4.69) is 20.0 Å². The van der Waals surface area contributed by atoms with Crippen LogP contribution in [0.1, 0.15) is 23.2 Å². The number of hydrogen-bond donors (Lipinski definition) is 1. The maximum absolute atomic E-state index is 13.2. The zero-order valence-electron chi connectivity index (χ0n) is 20.0. The first-order chi connectivity index (χ1) is 17.1. The fourth-order valence-corrected chi connectivity index (χ4v) is 6.19. The van der Waals surface area contributed by atoms with E-state index in [9.17, 15) is 9.18 Å². The molecule has 5 aliphatic rings. The largest absolute Gasteiger partial charge is 0.454 e. The second kappa shape index (κ2) is 9.66. The Morgan fingerprint density at radius 3 is 2.57 bits per heavy atom. The zero-order valence-corrected chi connectivity index (χ0v) is 20.0. The molecule has 7 rings (SSSR count). The number of nitrogens with zero attached hydrogens (tertiary/aromatic N) is 3. The quantitative estimate of drug-likeness (QED) is 0.686. The number of anilines is 1. The van der Waals surface area contributed by atoms with Crippen molar-refractivity contribution in [3.8, 4) is 11.5 Å². The highest BCUT2D eigenvalue weighted by Gasteiger charge is 2.40. The molecule has 4 saturated heterocycles. The molecule has 2 aromatic carbocycles. The summed E-state index contributed by atoms with van der Waals surface area (Å²) < 4.78 is 24.0. The molecule has 0 spiro atoms. The molecular weight excluding hydrogens is 447 g/mol. The van der Waals surface area contributed by atoms with Gasteiger partial charge in [0, 0.05) is 63.1 Å². The summed E-state index contributed by atoms with van der Waals surface area (Å²) in [5.41, 5.74) is 1.72. The van der Waals surface area contributed by atoms with E-state index < -0.39 is 0 Å². The number of benzene rings is 2. The Morgan fingerprint density at radius 1 is 1.00 bits per heavy atom. The summed E-state index contributed by atoms with van der Waals surface area (Å²) in [6.07, 6.45) is 2.41. The van der Waals surface area contributed by atoms with Crippen LogP contribution in [-0.2, 0) is 0 Å². The van der Waals surface area contributed by atoms with Crippen LogP contribution in [-0.4, -0.2) is 80.9 Å². The van der Waals surface area contributed by atoms with Gasteiger partial charge in [0.1, 0.15) is 5.82 Å². The summed E-state index contributed by atoms with van der Waals surface area (Å²) in [6.45, 7) is 8.37. The molecule has 186 valence electrons. The fraction of sp³-hybridized carbons (Fsp3) is 0.519. The standard InChI is InChI=1S/C27H33FN4O3/c28-22-2-4-23(5-3-22)31-11-9-30(10-12-31)16-21-17-32-8-7-19(21)13-24(32)15-29-27(33)20-1-6-25-26(14-20)35-18-34-25/h1-6,14,19,21,24H,7-13,15-18H2,(H,29,33). The molecule has 4 atom stereocenters. The summed E-state index contributed by atoms with van der Waals surface area (Å²) in [6, 6.07) is 12.6. The van der Waals surface area contributed by atoms with Crippen molar-refractivity contribution in [1.29, 1.82) is 0 Å². The van der Waals surface area contributed by atoms with Crippen molar-refractivity contribution in [2.45, 2.75) is 18.9 Å². The first kappa shape index (κ1) is 22.6. The van der Waals surface area contributed by atoms with Gasteiger partial charge in [-0.1, -0.05) is 0 Å². The van der Waals surface area contributed by atoms with Gasteiger partial charge in [0.25, 0.3) is 5.91 Å². The molecule has 35 heavy (non-hydrogen) atoms. The third-order valence-corrected chi connectivity index (χ3v) is 8.20. The van der Waals surface area contributed by atoms with Gasteiger partial charge in [-0.05, 0) is 73.7 Å². The third-order valence-electron chi connectivity index (χ3n) is 8.20. The number of hydrogen-bond acceptors (Lipinski definition) is 6. The number of halogens is 1. The lowest BCUT2D eigenvalue weighted by atomic mass is 9.75. The van der Waals surface area contributed by atoms with Crippen molar-refractivity contribution < 1.29 is 18.7 Å². The van der Waals surface area contributed by atoms with Gasteiger partial charge in [-0.25, -0.2) is 4.39 Å². The van der Waals surface area contributed by atoms with Crippen molar-refractivity contribution in [2.24, 2.45) is 11.8 Å². The minimum absolute atomic E-state index is 0.0541. The molecular formula is C27H33FN4O3. The highest BCUT2D eigenvalue weighted by Crippen LogP contribution is 2.37. The Morgan fingerprint density at radius 2 is 1.80 bits per heavy atom. The fourth-order valence-electron chi connectivity index (χ4n) is 6.19. The van der Waals surface area contributed by atoms with Gasteiger partial charge < -0.3 is 19.7 Å². The van der Waals surface area contributed by atoms with Gasteiger partial charge >= 0.3 is 0 Å². The minimum Gasteiger partial charge on any atom is -0.454 e. The number of piperidine rings is 3. The molecule has 4 fully saturated rings. The highest BCUT2D eigenvalue weighted by atomic mass is 19.1. The molecule has 0 saturated carbocycles. The van der Waals surface area contributed by atoms with Crippen LogP contribution in [0, 0.1) is 17.7 Å². The third kappa shape index (κ3) is 4.82. The molecule has 8 heteroatoms. The molecule has 0 radical (unpaired) electrons. The monoisotopic (exact) mass is 480 g/mol. The zero-order chi connectivity index (χ0) is 23.8. The van der Waals surface area contributed by atoms with Gasteiger partial charge in [-0.3, -0.25) is 14.6 Å². The second-order valence-electron chi connectivity index (χ2n) is 10.2. The predicted molar refractivity (Wildman–Crippen MR) is 132 cm³/mol. The number of nitrogens with one attached hydrogen (secondary N) is 1. The van der Waals surface area contributed by atoms with Crippen LogP contribution in [0.25, 0.3) is 0 Å². The average molecular weight is 481 g/mol. The number of ether oxygens (including phenoxy) is 2. The molecule has 2 bridgehead atoms. The van der Waals surface area contributed by atoms with Crippen LogP contribution in [0.15, 0.2) is 42.5 Å². The van der Waals surface area contributed by atoms with Gasteiger partial charge in [0.05, 0.1) is 0 Å². The lowest BCUT2D eigenvalue weighted by Gasteiger charge is -2.51. The number of carbonyl (C=O) groups is 1. The molecule has 0 aliphatic carbocycles. The molecule has 5 heterocycles. The number of carbonyl (C=O) groups excluding carboxylic acids is 1. The van der Waals surface area contributed by atoms with Crippen molar-refractivity contribution in [1.82, 2.24) is 15.1 Å². The predicted octanol–water partition coefficient (Wildman–Crippen LogP) is 2.82. The van der Waals surface area contributed by atoms with E-state index >= 15 is 0 Å². The Balaban J connectivity index is 0.974. The summed E-state index contributed by atoms with van der Waals surface area (Å²) in [7, 11) is 0. The molecule has 7 nitrogen and oxygen atoms in total. The van der Waals surface area contributed by atoms with Gasteiger partial charge in [0.2, 0.25) is 6.79 Å². The van der Waals surface area contributed by atoms with Crippen LogP contribution in [0.2, 0.25) is 0 Å². The summed E-state index contributed by atoms with van der Waals surface area (Å²) in [4.78, 5) is 20.2. The van der Waals surface area contributed by atoms with Crippen LogP contribution in [0.5, 0.6) is 11.5 Å². The van der Waals surface area contributed by atoms with E-state index in [1.165, 1.54) is 6.42 Å². The number of fused-ring (bicyclic) bond motifs is 4. The molecule has 0 aromatic heterocycles. The maximum atomic E-state index is 13.2. The van der Waals surface area contributed by atoms with Crippen LogP contribution in [0.3, 0.4) is 0 Å². The van der Waals surface area contributed by atoms with E-state index in [0.717, 1.165) is 63.8 Å². The lowest BCUT2D eigenvalue weighted by Crippen LogP contribution is -2.59. The molecule has 4 unspecified atom stereocenters. The lowest BCUT2D eigenvalue weighted by molar-refractivity contribution is -0.0120. The molecule has 5 aliphatic heterocycles. The Bertz CT molecular complexity index is 1060. The number of piperazine rings is 1. The van der Waals surface area contributed by atoms with E-state index in [0.29, 0.717) is 35.6 Å². The summed E-state index contributed by atoms with van der Waals surface area (Å²) in [5, 5.41) is 3.15. The van der Waals surface area contributed by atoms with Gasteiger partial charge in [-0.2, -0.15) is 0 Å². The minimum atomic E-state index is -0.180. The first-order valence-corrected chi connectivity index (χ1v) is 12.8. The molecule has 1 N–H and O–H groups in total. The van der Waals surface area contributed by atoms with E-state index in [4.69, 9.17) is 9.47 Å². The van der Waals surface area contributed by atoms with Crippen molar-refractivity contribution >= 4 is 11.6 Å². The van der Waals surface area contributed by atoms with Gasteiger partial charge in [-0.15, -0.1) is 0 Å². The highest BCUT2D eigenvalue weighted by molar-refractivity contribution is 5.94. The summed E-state index contributed by atoms with van der Waals surface area (Å²) in [5.74, 6) is 2.52. The normalized spacial score (nSPS) is 27.7. The SMILES string of the molecule is O=C(NCC1CC2CCN1CC2CN1CCN(c2ccc(F)cc2)CC1)c1ccc2c(c1)OCO2. The molecule has 1 amide bonds.